The second-order valence-electron chi connectivity index (χ2n) is 6.16. The van der Waals surface area contributed by atoms with Gasteiger partial charge < -0.3 is 24.8 Å². The Morgan fingerprint density at radius 1 is 1.04 bits per heavy atom. The summed E-state index contributed by atoms with van der Waals surface area (Å²) < 4.78 is 16.2. The van der Waals surface area contributed by atoms with Crippen molar-refractivity contribution in [3.05, 3.63) is 48.0 Å². The summed E-state index contributed by atoms with van der Waals surface area (Å²) in [5, 5.41) is 5.97. The number of methoxy groups -OCH3 is 2. The van der Waals surface area contributed by atoms with E-state index in [-0.39, 0.29) is 11.6 Å². The number of carbonyl (C=O) groups excluding carboxylic acids is 1. The molecule has 0 saturated heterocycles. The highest BCUT2D eigenvalue weighted by Crippen LogP contribution is 2.47. The van der Waals surface area contributed by atoms with Gasteiger partial charge in [-0.25, -0.2) is 4.79 Å². The number of benzene rings is 2. The molecule has 0 heterocycles. The molecule has 0 aromatic heterocycles. The summed E-state index contributed by atoms with van der Waals surface area (Å²) in [4.78, 5) is 12.5. The fraction of sp³-hybridized carbons (Fsp3) is 0.350. The Morgan fingerprint density at radius 2 is 1.77 bits per heavy atom. The highest BCUT2D eigenvalue weighted by atomic mass is 16.5. The zero-order chi connectivity index (χ0) is 18.6. The van der Waals surface area contributed by atoms with Crippen LogP contribution >= 0.6 is 0 Å². The number of para-hydroxylation sites is 2. The van der Waals surface area contributed by atoms with E-state index >= 15 is 0 Å². The van der Waals surface area contributed by atoms with Crippen LogP contribution in [0, 0.1) is 0 Å². The van der Waals surface area contributed by atoms with Crippen LogP contribution in [0.1, 0.15) is 25.3 Å². The van der Waals surface area contributed by atoms with Gasteiger partial charge in [-0.05, 0) is 49.6 Å². The van der Waals surface area contributed by atoms with E-state index in [1.165, 1.54) is 0 Å². The van der Waals surface area contributed by atoms with Gasteiger partial charge in [-0.15, -0.1) is 0 Å². The van der Waals surface area contributed by atoms with Gasteiger partial charge in [0.05, 0.1) is 32.1 Å². The lowest BCUT2D eigenvalue weighted by Gasteiger charge is -2.20. The number of amides is 2. The number of urea groups is 1. The Hall–Kier alpha value is -2.89. The van der Waals surface area contributed by atoms with E-state index in [2.05, 4.69) is 10.6 Å². The highest BCUT2D eigenvalue weighted by Gasteiger charge is 2.46. The van der Waals surface area contributed by atoms with Crippen molar-refractivity contribution < 1.29 is 19.0 Å². The smallest absolute Gasteiger partial charge is 0.320 e. The van der Waals surface area contributed by atoms with Crippen molar-refractivity contribution in [2.75, 3.05) is 26.1 Å². The van der Waals surface area contributed by atoms with E-state index in [4.69, 9.17) is 14.2 Å². The van der Waals surface area contributed by atoms with Crippen LogP contribution in [-0.4, -0.2) is 26.9 Å². The zero-order valence-electron chi connectivity index (χ0n) is 15.3. The topological polar surface area (TPSA) is 68.8 Å². The third-order valence-corrected chi connectivity index (χ3v) is 4.47. The molecule has 0 bridgehead atoms. The summed E-state index contributed by atoms with van der Waals surface area (Å²) in [6.07, 6.45) is 1.76. The molecule has 2 N–H and O–H groups in total. The van der Waals surface area contributed by atoms with Crippen LogP contribution in [0.25, 0.3) is 0 Å². The number of carbonyl (C=O) groups is 1. The largest absolute Gasteiger partial charge is 0.493 e. The molecule has 0 unspecified atom stereocenters. The lowest BCUT2D eigenvalue weighted by molar-refractivity contribution is 0.247. The number of ether oxygens (including phenoxy) is 3. The molecule has 0 atom stereocenters. The molecular formula is C20H24N2O4. The third-order valence-electron chi connectivity index (χ3n) is 4.47. The van der Waals surface area contributed by atoms with Crippen molar-refractivity contribution in [2.24, 2.45) is 0 Å². The SMILES string of the molecule is CCOc1ccccc1NC(=O)NC1(c2ccc(OC)c(OC)c2)CC1. The Balaban J connectivity index is 1.73. The number of hydrogen-bond donors (Lipinski definition) is 2. The molecule has 1 aliphatic rings. The molecule has 6 heteroatoms. The average Bonchev–Trinajstić information content (AvgIpc) is 3.43. The maximum absolute atomic E-state index is 12.5. The predicted molar refractivity (Wildman–Crippen MR) is 100 cm³/mol. The molecule has 138 valence electrons. The van der Waals surface area contributed by atoms with Crippen molar-refractivity contribution in [3.63, 3.8) is 0 Å². The Morgan fingerprint density at radius 3 is 2.42 bits per heavy atom. The van der Waals surface area contributed by atoms with Gasteiger partial charge in [0.25, 0.3) is 0 Å². The molecule has 0 aliphatic heterocycles. The van der Waals surface area contributed by atoms with Crippen molar-refractivity contribution in [2.45, 2.75) is 25.3 Å². The maximum Gasteiger partial charge on any atom is 0.320 e. The lowest BCUT2D eigenvalue weighted by Crippen LogP contribution is -2.38. The minimum atomic E-state index is -0.371. The average molecular weight is 356 g/mol. The Labute approximate surface area is 153 Å². The van der Waals surface area contributed by atoms with E-state index in [9.17, 15) is 4.79 Å². The fourth-order valence-corrected chi connectivity index (χ4v) is 2.97. The second-order valence-corrected chi connectivity index (χ2v) is 6.16. The number of nitrogens with one attached hydrogen (secondary N) is 2. The van der Waals surface area contributed by atoms with E-state index in [1.54, 1.807) is 14.2 Å². The predicted octanol–water partition coefficient (Wildman–Crippen LogP) is 3.91. The molecular weight excluding hydrogens is 332 g/mol. The first kappa shape index (κ1) is 17.9. The molecule has 2 aromatic rings. The minimum absolute atomic E-state index is 0.260. The Kier molecular flexibility index (Phi) is 5.21. The highest BCUT2D eigenvalue weighted by molar-refractivity contribution is 5.91. The van der Waals surface area contributed by atoms with E-state index in [1.807, 2.05) is 49.4 Å². The van der Waals surface area contributed by atoms with Gasteiger partial charge in [-0.2, -0.15) is 0 Å². The van der Waals surface area contributed by atoms with Gasteiger partial charge >= 0.3 is 6.03 Å². The normalized spacial score (nSPS) is 14.3. The first-order valence-electron chi connectivity index (χ1n) is 8.65. The van der Waals surface area contributed by atoms with E-state index in [0.29, 0.717) is 29.5 Å². The zero-order valence-corrected chi connectivity index (χ0v) is 15.3. The van der Waals surface area contributed by atoms with Crippen LogP contribution in [0.3, 0.4) is 0 Å². The fourth-order valence-electron chi connectivity index (χ4n) is 2.97. The minimum Gasteiger partial charge on any atom is -0.493 e. The van der Waals surface area contributed by atoms with E-state index in [0.717, 1.165) is 18.4 Å². The van der Waals surface area contributed by atoms with Crippen LogP contribution < -0.4 is 24.8 Å². The van der Waals surface area contributed by atoms with Gasteiger partial charge in [0, 0.05) is 0 Å². The van der Waals surface area contributed by atoms with Crippen LogP contribution in [0.15, 0.2) is 42.5 Å². The molecule has 0 spiro atoms. The van der Waals surface area contributed by atoms with Gasteiger partial charge in [0.2, 0.25) is 0 Å². The van der Waals surface area contributed by atoms with Crippen LogP contribution in [-0.2, 0) is 5.54 Å². The molecule has 1 fully saturated rings. The van der Waals surface area contributed by atoms with Crippen molar-refractivity contribution in [3.8, 4) is 17.2 Å². The van der Waals surface area contributed by atoms with Crippen molar-refractivity contribution in [1.82, 2.24) is 5.32 Å². The van der Waals surface area contributed by atoms with Gasteiger partial charge in [-0.1, -0.05) is 18.2 Å². The molecule has 2 aromatic carbocycles. The first-order chi connectivity index (χ1) is 12.6. The first-order valence-corrected chi connectivity index (χ1v) is 8.65. The number of hydrogen-bond acceptors (Lipinski definition) is 4. The summed E-state index contributed by atoms with van der Waals surface area (Å²) >= 11 is 0. The molecule has 0 radical (unpaired) electrons. The lowest BCUT2D eigenvalue weighted by atomic mass is 10.0. The van der Waals surface area contributed by atoms with Crippen molar-refractivity contribution in [1.29, 1.82) is 0 Å². The van der Waals surface area contributed by atoms with Crippen LogP contribution in [0.2, 0.25) is 0 Å². The Bertz CT molecular complexity index is 787. The molecule has 26 heavy (non-hydrogen) atoms. The quantitative estimate of drug-likeness (QED) is 0.789. The summed E-state index contributed by atoms with van der Waals surface area (Å²) in [6.45, 7) is 2.45. The number of anilines is 1. The summed E-state index contributed by atoms with van der Waals surface area (Å²) in [5.74, 6) is 1.98. The summed E-state index contributed by atoms with van der Waals surface area (Å²) in [5.41, 5.74) is 1.28. The number of rotatable bonds is 7. The monoisotopic (exact) mass is 356 g/mol. The van der Waals surface area contributed by atoms with Gasteiger partial charge in [0.1, 0.15) is 5.75 Å². The third kappa shape index (κ3) is 3.69. The second kappa shape index (κ2) is 7.56. The van der Waals surface area contributed by atoms with Crippen LogP contribution in [0.5, 0.6) is 17.2 Å². The van der Waals surface area contributed by atoms with Gasteiger partial charge in [0.15, 0.2) is 11.5 Å². The maximum atomic E-state index is 12.5. The molecule has 1 saturated carbocycles. The molecule has 2 amide bonds. The molecule has 6 nitrogen and oxygen atoms in total. The van der Waals surface area contributed by atoms with Gasteiger partial charge in [-0.3, -0.25) is 0 Å². The van der Waals surface area contributed by atoms with E-state index < -0.39 is 0 Å². The summed E-state index contributed by atoms with van der Waals surface area (Å²) in [6, 6.07) is 12.9. The summed E-state index contributed by atoms with van der Waals surface area (Å²) in [7, 11) is 3.21. The standard InChI is InChI=1S/C20H24N2O4/c1-4-26-16-8-6-5-7-15(16)21-19(23)22-20(11-12-20)14-9-10-17(24-2)18(13-14)25-3/h5-10,13H,4,11-12H2,1-3H3,(H2,21,22,23). The van der Waals surface area contributed by atoms with Crippen LogP contribution in [0.4, 0.5) is 10.5 Å². The molecule has 1 aliphatic carbocycles. The van der Waals surface area contributed by atoms with Crippen molar-refractivity contribution >= 4 is 11.7 Å². The molecule has 3 rings (SSSR count).